The topological polar surface area (TPSA) is 23.5 Å². The monoisotopic (exact) mass is 171 g/mol. The van der Waals surface area contributed by atoms with Gasteiger partial charge in [-0.3, -0.25) is 0 Å². The Morgan fingerprint density at radius 1 is 1.64 bits per heavy atom. The second-order valence-electron chi connectivity index (χ2n) is 2.62. The molecule has 62 valence electrons. The van der Waals surface area contributed by atoms with Crippen molar-refractivity contribution in [3.05, 3.63) is 22.4 Å². The summed E-state index contributed by atoms with van der Waals surface area (Å²) < 4.78 is 0. The molecule has 3 heteroatoms. The molecule has 1 rings (SSSR count). The van der Waals surface area contributed by atoms with Crippen LogP contribution in [0, 0.1) is 0 Å². The van der Waals surface area contributed by atoms with Crippen molar-refractivity contribution in [3.63, 3.8) is 0 Å². The fourth-order valence-corrected chi connectivity index (χ4v) is 1.65. The van der Waals surface area contributed by atoms with Crippen LogP contribution in [0.3, 0.4) is 0 Å². The van der Waals surface area contributed by atoms with Gasteiger partial charge in [0.15, 0.2) is 0 Å². The lowest BCUT2D eigenvalue weighted by Crippen LogP contribution is -2.14. The first-order chi connectivity index (χ1) is 5.29. The summed E-state index contributed by atoms with van der Waals surface area (Å²) in [7, 11) is 1.67. The van der Waals surface area contributed by atoms with E-state index in [1.54, 1.807) is 18.4 Å². The van der Waals surface area contributed by atoms with Gasteiger partial charge in [0.05, 0.1) is 0 Å². The normalized spacial score (nSPS) is 10.8. The molecule has 0 saturated heterocycles. The summed E-state index contributed by atoms with van der Waals surface area (Å²) in [4.78, 5) is 0. The zero-order valence-electron chi connectivity index (χ0n) is 6.66. The summed E-state index contributed by atoms with van der Waals surface area (Å²) >= 11 is 1.72. The van der Waals surface area contributed by atoms with E-state index in [1.165, 1.54) is 10.6 Å². The zero-order chi connectivity index (χ0) is 8.10. The average Bonchev–Trinajstić information content (AvgIpc) is 2.39. The molecule has 0 unspecified atom stereocenters. The summed E-state index contributed by atoms with van der Waals surface area (Å²) in [5.41, 5.74) is 1.37. The summed E-state index contributed by atoms with van der Waals surface area (Å²) in [6, 6.07) is 2.13. The molecule has 0 saturated carbocycles. The highest BCUT2D eigenvalue weighted by Crippen LogP contribution is 2.07. The van der Waals surface area contributed by atoms with E-state index < -0.39 is 0 Å². The molecule has 2 nitrogen and oxygen atoms in total. The lowest BCUT2D eigenvalue weighted by molar-refractivity contribution is -0.0650. The molecule has 1 aromatic heterocycles. The number of hydrogen-bond acceptors (Lipinski definition) is 3. The van der Waals surface area contributed by atoms with E-state index in [4.69, 9.17) is 5.21 Å². The van der Waals surface area contributed by atoms with Crippen LogP contribution >= 0.6 is 11.3 Å². The van der Waals surface area contributed by atoms with Crippen LogP contribution in [0.15, 0.2) is 16.8 Å². The first kappa shape index (κ1) is 8.71. The maximum atomic E-state index is 8.82. The molecule has 0 radical (unpaired) electrons. The van der Waals surface area contributed by atoms with Crippen molar-refractivity contribution in [3.8, 4) is 0 Å². The Morgan fingerprint density at radius 2 is 2.45 bits per heavy atom. The first-order valence-corrected chi connectivity index (χ1v) is 4.64. The summed E-state index contributed by atoms with van der Waals surface area (Å²) in [5.74, 6) is 0. The third-order valence-electron chi connectivity index (χ3n) is 1.53. The van der Waals surface area contributed by atoms with Crippen LogP contribution in [0.5, 0.6) is 0 Å². The standard InChI is InChI=1S/C8H13NOS/c1-9(10)5-2-3-8-4-6-11-7-8/h4,6-7,10H,2-3,5H2,1H3. The van der Waals surface area contributed by atoms with Crippen LogP contribution in [0.2, 0.25) is 0 Å². The van der Waals surface area contributed by atoms with Crippen LogP contribution < -0.4 is 0 Å². The Labute approximate surface area is 71.0 Å². The molecule has 1 heterocycles. The van der Waals surface area contributed by atoms with E-state index in [-0.39, 0.29) is 0 Å². The van der Waals surface area contributed by atoms with Crippen molar-refractivity contribution >= 4 is 11.3 Å². The second-order valence-corrected chi connectivity index (χ2v) is 3.40. The highest BCUT2D eigenvalue weighted by atomic mass is 32.1. The predicted octanol–water partition coefficient (Wildman–Crippen LogP) is 2.00. The molecule has 0 atom stereocenters. The summed E-state index contributed by atoms with van der Waals surface area (Å²) in [5, 5.41) is 14.3. The third-order valence-corrected chi connectivity index (χ3v) is 2.26. The molecule has 0 aliphatic carbocycles. The van der Waals surface area contributed by atoms with Gasteiger partial charge in [0.1, 0.15) is 0 Å². The molecule has 11 heavy (non-hydrogen) atoms. The van der Waals surface area contributed by atoms with Crippen molar-refractivity contribution in [2.24, 2.45) is 0 Å². The quantitative estimate of drug-likeness (QED) is 0.700. The lowest BCUT2D eigenvalue weighted by Gasteiger charge is -2.05. The van der Waals surface area contributed by atoms with E-state index in [0.29, 0.717) is 0 Å². The number of hydrogen-bond donors (Lipinski definition) is 1. The Morgan fingerprint density at radius 3 is 3.00 bits per heavy atom. The van der Waals surface area contributed by atoms with E-state index >= 15 is 0 Å². The molecule has 0 aliphatic rings. The van der Waals surface area contributed by atoms with E-state index in [2.05, 4.69) is 16.8 Å². The Hall–Kier alpha value is -0.380. The zero-order valence-corrected chi connectivity index (χ0v) is 7.47. The molecular weight excluding hydrogens is 158 g/mol. The molecule has 1 N–H and O–H groups in total. The number of hydroxylamine groups is 2. The fraction of sp³-hybridized carbons (Fsp3) is 0.500. The molecule has 0 aliphatic heterocycles. The van der Waals surface area contributed by atoms with E-state index in [0.717, 1.165) is 19.4 Å². The van der Waals surface area contributed by atoms with Crippen LogP contribution in [0.25, 0.3) is 0 Å². The highest BCUT2D eigenvalue weighted by Gasteiger charge is 1.94. The molecule has 0 aromatic carbocycles. The minimum Gasteiger partial charge on any atom is -0.314 e. The smallest absolute Gasteiger partial charge is 0.0238 e. The largest absolute Gasteiger partial charge is 0.314 e. The minimum absolute atomic E-state index is 0.746. The van der Waals surface area contributed by atoms with Gasteiger partial charge in [0, 0.05) is 13.6 Å². The van der Waals surface area contributed by atoms with Gasteiger partial charge in [-0.1, -0.05) is 0 Å². The van der Waals surface area contributed by atoms with Crippen molar-refractivity contribution in [2.45, 2.75) is 12.8 Å². The van der Waals surface area contributed by atoms with Gasteiger partial charge in [-0.25, -0.2) is 0 Å². The lowest BCUT2D eigenvalue weighted by atomic mass is 10.2. The summed E-state index contributed by atoms with van der Waals surface area (Å²) in [6.45, 7) is 0.746. The van der Waals surface area contributed by atoms with Gasteiger partial charge in [-0.05, 0) is 35.2 Å². The van der Waals surface area contributed by atoms with Crippen molar-refractivity contribution < 1.29 is 5.21 Å². The summed E-state index contributed by atoms with van der Waals surface area (Å²) in [6.07, 6.45) is 2.08. The van der Waals surface area contributed by atoms with Gasteiger partial charge in [-0.15, -0.1) is 0 Å². The van der Waals surface area contributed by atoms with Crippen molar-refractivity contribution in [1.82, 2.24) is 5.06 Å². The van der Waals surface area contributed by atoms with Crippen LogP contribution in [-0.2, 0) is 6.42 Å². The molecule has 1 aromatic rings. The third kappa shape index (κ3) is 3.51. The maximum Gasteiger partial charge on any atom is 0.0238 e. The number of aryl methyl sites for hydroxylation is 1. The number of nitrogens with zero attached hydrogens (tertiary/aromatic N) is 1. The number of rotatable bonds is 4. The van der Waals surface area contributed by atoms with Crippen LogP contribution in [-0.4, -0.2) is 23.9 Å². The van der Waals surface area contributed by atoms with Gasteiger partial charge in [-0.2, -0.15) is 16.4 Å². The van der Waals surface area contributed by atoms with Gasteiger partial charge in [0.2, 0.25) is 0 Å². The van der Waals surface area contributed by atoms with Crippen LogP contribution in [0.4, 0.5) is 0 Å². The SMILES string of the molecule is CN(O)CCCc1ccsc1. The van der Waals surface area contributed by atoms with E-state index in [1.807, 2.05) is 0 Å². The van der Waals surface area contributed by atoms with E-state index in [9.17, 15) is 0 Å². The Bertz CT molecular complexity index is 184. The average molecular weight is 171 g/mol. The Kier molecular flexibility index (Phi) is 3.56. The van der Waals surface area contributed by atoms with Gasteiger partial charge in [0.25, 0.3) is 0 Å². The molecule has 0 fully saturated rings. The molecule has 0 spiro atoms. The first-order valence-electron chi connectivity index (χ1n) is 3.70. The second kappa shape index (κ2) is 4.49. The molecule has 0 amide bonds. The predicted molar refractivity (Wildman–Crippen MR) is 47.1 cm³/mol. The van der Waals surface area contributed by atoms with Crippen molar-refractivity contribution in [1.29, 1.82) is 0 Å². The number of thiophene rings is 1. The van der Waals surface area contributed by atoms with Crippen LogP contribution in [0.1, 0.15) is 12.0 Å². The molecule has 0 bridgehead atoms. The van der Waals surface area contributed by atoms with Crippen molar-refractivity contribution in [2.75, 3.05) is 13.6 Å². The molecular formula is C8H13NOS. The Balaban J connectivity index is 2.14. The fourth-order valence-electron chi connectivity index (χ4n) is 0.947. The highest BCUT2D eigenvalue weighted by molar-refractivity contribution is 7.07. The van der Waals surface area contributed by atoms with Gasteiger partial charge >= 0.3 is 0 Å². The maximum absolute atomic E-state index is 8.82. The van der Waals surface area contributed by atoms with Gasteiger partial charge < -0.3 is 5.21 Å². The minimum atomic E-state index is 0.746.